The minimum absolute atomic E-state index is 0.809. The molecule has 0 saturated carbocycles. The number of hydrogen-bond donors (Lipinski definition) is 1. The zero-order chi connectivity index (χ0) is 12.4. The molecule has 0 saturated heterocycles. The molecule has 2 aromatic rings. The van der Waals surface area contributed by atoms with E-state index in [9.17, 15) is 0 Å². The van der Waals surface area contributed by atoms with Crippen LogP contribution >= 0.6 is 47.8 Å². The Bertz CT molecular complexity index is 555. The van der Waals surface area contributed by atoms with Crippen molar-refractivity contribution in [1.82, 2.24) is 4.98 Å². The Balaban J connectivity index is 2.38. The molecule has 0 unspecified atom stereocenters. The molecule has 0 aliphatic rings. The first-order chi connectivity index (χ1) is 8.08. The lowest BCUT2D eigenvalue weighted by molar-refractivity contribution is 1.25. The topological polar surface area (TPSA) is 24.9 Å². The van der Waals surface area contributed by atoms with Crippen molar-refractivity contribution >= 4 is 59.3 Å². The summed E-state index contributed by atoms with van der Waals surface area (Å²) in [7, 11) is 0. The van der Waals surface area contributed by atoms with E-state index >= 15 is 0 Å². The first-order valence-electron chi connectivity index (χ1n) is 4.91. The highest BCUT2D eigenvalue weighted by atomic mass is 79.9. The van der Waals surface area contributed by atoms with Crippen molar-refractivity contribution < 1.29 is 0 Å². The summed E-state index contributed by atoms with van der Waals surface area (Å²) in [5.74, 6) is 0.809. The predicted octanol–water partition coefficient (Wildman–Crippen LogP) is 5.42. The highest BCUT2D eigenvalue weighted by Gasteiger charge is 2.06. The Hall–Kier alpha value is -0.390. The number of nitrogens with one attached hydrogen (secondary N) is 1. The van der Waals surface area contributed by atoms with E-state index in [1.807, 2.05) is 31.2 Å². The molecular weight excluding hydrogens is 412 g/mol. The van der Waals surface area contributed by atoms with Crippen LogP contribution in [0.1, 0.15) is 5.56 Å². The first kappa shape index (κ1) is 13.1. The fourth-order valence-electron chi connectivity index (χ4n) is 1.35. The van der Waals surface area contributed by atoms with Crippen LogP contribution < -0.4 is 5.32 Å². The average Bonchev–Trinajstić information content (AvgIpc) is 2.30. The quantitative estimate of drug-likeness (QED) is 0.701. The van der Waals surface area contributed by atoms with E-state index in [-0.39, 0.29) is 0 Å². The van der Waals surface area contributed by atoms with Gasteiger partial charge in [0.2, 0.25) is 0 Å². The molecule has 2 rings (SSSR count). The molecule has 0 aliphatic heterocycles. The Kier molecular flexibility index (Phi) is 4.22. The fraction of sp³-hybridized carbons (Fsp3) is 0.0833. The van der Waals surface area contributed by atoms with Crippen LogP contribution in [-0.4, -0.2) is 4.98 Å². The van der Waals surface area contributed by atoms with Gasteiger partial charge >= 0.3 is 0 Å². The van der Waals surface area contributed by atoms with Gasteiger partial charge in [-0.05, 0) is 68.6 Å². The van der Waals surface area contributed by atoms with Gasteiger partial charge in [-0.15, -0.1) is 0 Å². The third-order valence-corrected chi connectivity index (χ3v) is 4.45. The Morgan fingerprint density at radius 3 is 2.65 bits per heavy atom. The summed E-state index contributed by atoms with van der Waals surface area (Å²) >= 11 is 10.5. The predicted molar refractivity (Wildman–Crippen MR) is 81.8 cm³/mol. The Labute approximate surface area is 125 Å². The molecule has 1 N–H and O–H groups in total. The second kappa shape index (κ2) is 5.50. The number of aryl methyl sites for hydroxylation is 1. The second-order valence-electron chi connectivity index (χ2n) is 3.54. The molecule has 0 atom stereocenters. The van der Waals surface area contributed by atoms with Crippen LogP contribution in [0.2, 0.25) is 0 Å². The normalized spacial score (nSPS) is 10.4. The van der Waals surface area contributed by atoms with Crippen LogP contribution in [-0.2, 0) is 0 Å². The van der Waals surface area contributed by atoms with Gasteiger partial charge in [-0.2, -0.15) is 0 Å². The molecule has 0 amide bonds. The fourth-order valence-corrected chi connectivity index (χ4v) is 2.39. The summed E-state index contributed by atoms with van der Waals surface area (Å²) in [6.07, 6.45) is 1.79. The summed E-state index contributed by atoms with van der Waals surface area (Å²) in [6, 6.07) is 7.93. The maximum absolute atomic E-state index is 4.31. The van der Waals surface area contributed by atoms with Gasteiger partial charge in [-0.25, -0.2) is 4.98 Å². The SMILES string of the molecule is Cc1ccnc(Nc2cc(Br)ccc2Br)c1Br. The van der Waals surface area contributed by atoms with Gasteiger partial charge < -0.3 is 5.32 Å². The third-order valence-electron chi connectivity index (χ3n) is 2.26. The molecule has 0 spiro atoms. The van der Waals surface area contributed by atoms with Gasteiger partial charge in [0.1, 0.15) is 5.82 Å². The minimum atomic E-state index is 0.809. The number of anilines is 2. The molecule has 1 aromatic carbocycles. The van der Waals surface area contributed by atoms with Crippen molar-refractivity contribution in [2.45, 2.75) is 6.92 Å². The van der Waals surface area contributed by atoms with Crippen LogP contribution in [0.4, 0.5) is 11.5 Å². The van der Waals surface area contributed by atoms with Crippen molar-refractivity contribution in [2.75, 3.05) is 5.32 Å². The van der Waals surface area contributed by atoms with Crippen molar-refractivity contribution in [1.29, 1.82) is 0 Å². The lowest BCUT2D eigenvalue weighted by Crippen LogP contribution is -1.96. The lowest BCUT2D eigenvalue weighted by atomic mass is 10.3. The summed E-state index contributed by atoms with van der Waals surface area (Å²) in [6.45, 7) is 2.03. The van der Waals surface area contributed by atoms with E-state index < -0.39 is 0 Å². The van der Waals surface area contributed by atoms with Crippen LogP contribution in [0.25, 0.3) is 0 Å². The van der Waals surface area contributed by atoms with E-state index in [0.717, 1.165) is 30.5 Å². The molecule has 88 valence electrons. The van der Waals surface area contributed by atoms with E-state index in [1.165, 1.54) is 0 Å². The molecule has 0 aliphatic carbocycles. The Morgan fingerprint density at radius 1 is 1.12 bits per heavy atom. The van der Waals surface area contributed by atoms with Gasteiger partial charge in [0.25, 0.3) is 0 Å². The van der Waals surface area contributed by atoms with Gasteiger partial charge in [0.15, 0.2) is 0 Å². The highest BCUT2D eigenvalue weighted by Crippen LogP contribution is 2.31. The zero-order valence-corrected chi connectivity index (χ0v) is 13.7. The maximum atomic E-state index is 4.31. The highest BCUT2D eigenvalue weighted by molar-refractivity contribution is 9.11. The van der Waals surface area contributed by atoms with Crippen LogP contribution in [0, 0.1) is 6.92 Å². The van der Waals surface area contributed by atoms with E-state index in [1.54, 1.807) is 6.20 Å². The monoisotopic (exact) mass is 418 g/mol. The molecule has 0 fully saturated rings. The summed E-state index contributed by atoms with van der Waals surface area (Å²) < 4.78 is 3.00. The summed E-state index contributed by atoms with van der Waals surface area (Å²) in [5.41, 5.74) is 2.12. The molecule has 17 heavy (non-hydrogen) atoms. The van der Waals surface area contributed by atoms with Crippen molar-refractivity contribution in [3.8, 4) is 0 Å². The largest absolute Gasteiger partial charge is 0.338 e. The number of rotatable bonds is 2. The molecule has 0 radical (unpaired) electrons. The molecule has 5 heteroatoms. The standard InChI is InChI=1S/C12H9Br3N2/c1-7-4-5-16-12(11(7)15)17-10-6-8(13)2-3-9(10)14/h2-6H,1H3,(H,16,17). The van der Waals surface area contributed by atoms with Crippen LogP contribution in [0.5, 0.6) is 0 Å². The number of nitrogens with zero attached hydrogens (tertiary/aromatic N) is 1. The van der Waals surface area contributed by atoms with Gasteiger partial charge in [0, 0.05) is 15.1 Å². The van der Waals surface area contributed by atoms with E-state index in [0.29, 0.717) is 0 Å². The minimum Gasteiger partial charge on any atom is -0.338 e. The van der Waals surface area contributed by atoms with Crippen molar-refractivity contribution in [3.05, 3.63) is 49.4 Å². The van der Waals surface area contributed by atoms with Crippen molar-refractivity contribution in [2.24, 2.45) is 0 Å². The first-order valence-corrected chi connectivity index (χ1v) is 7.29. The third kappa shape index (κ3) is 3.09. The van der Waals surface area contributed by atoms with Gasteiger partial charge in [-0.1, -0.05) is 15.9 Å². The molecule has 0 bridgehead atoms. The molecule has 1 aromatic heterocycles. The summed E-state index contributed by atoms with van der Waals surface area (Å²) in [5, 5.41) is 3.29. The summed E-state index contributed by atoms with van der Waals surface area (Å²) in [4.78, 5) is 4.31. The van der Waals surface area contributed by atoms with Gasteiger partial charge in [-0.3, -0.25) is 0 Å². The van der Waals surface area contributed by atoms with Crippen molar-refractivity contribution in [3.63, 3.8) is 0 Å². The number of hydrogen-bond acceptors (Lipinski definition) is 2. The average molecular weight is 421 g/mol. The smallest absolute Gasteiger partial charge is 0.144 e. The van der Waals surface area contributed by atoms with E-state index in [2.05, 4.69) is 58.1 Å². The number of aromatic nitrogens is 1. The van der Waals surface area contributed by atoms with Crippen LogP contribution in [0.15, 0.2) is 43.9 Å². The zero-order valence-electron chi connectivity index (χ0n) is 8.97. The van der Waals surface area contributed by atoms with Gasteiger partial charge in [0.05, 0.1) is 10.2 Å². The molecular formula is C12H9Br3N2. The Morgan fingerprint density at radius 2 is 1.88 bits per heavy atom. The lowest BCUT2D eigenvalue weighted by Gasteiger charge is -2.11. The second-order valence-corrected chi connectivity index (χ2v) is 6.10. The van der Waals surface area contributed by atoms with Crippen LogP contribution in [0.3, 0.4) is 0 Å². The van der Waals surface area contributed by atoms with E-state index in [4.69, 9.17) is 0 Å². The number of pyridine rings is 1. The number of benzene rings is 1. The molecule has 1 heterocycles. The number of halogens is 3. The maximum Gasteiger partial charge on any atom is 0.144 e. The molecule has 2 nitrogen and oxygen atoms in total.